The van der Waals surface area contributed by atoms with Crippen LogP contribution < -0.4 is 4.90 Å². The van der Waals surface area contributed by atoms with Gasteiger partial charge >= 0.3 is 0 Å². The maximum atomic E-state index is 6.92. The zero-order valence-electron chi connectivity index (χ0n) is 24.4. The van der Waals surface area contributed by atoms with Gasteiger partial charge in [-0.05, 0) is 59.2 Å². The number of fused-ring (bicyclic) bond motifs is 7. The molecule has 0 saturated carbocycles. The molecule has 0 N–H and O–H groups in total. The number of furan rings is 2. The van der Waals surface area contributed by atoms with Gasteiger partial charge in [-0.25, -0.2) is 0 Å². The summed E-state index contributed by atoms with van der Waals surface area (Å²) in [6.07, 6.45) is 0. The molecule has 0 saturated heterocycles. The van der Waals surface area contributed by atoms with E-state index >= 15 is 0 Å². The fourth-order valence-corrected chi connectivity index (χ4v) is 6.60. The second kappa shape index (κ2) is 10.3. The SMILES string of the molecule is c1ccc(-c2ccc(N(c3ccccc3-c3ccccc3)c3cccc4c3oc3c4ccc4oc5ccccc5c43)cc2)cc1. The highest BCUT2D eigenvalue weighted by Gasteiger charge is 2.23. The van der Waals surface area contributed by atoms with Crippen molar-refractivity contribution in [3.63, 3.8) is 0 Å². The first-order valence-corrected chi connectivity index (χ1v) is 15.2. The van der Waals surface area contributed by atoms with Crippen LogP contribution in [-0.4, -0.2) is 0 Å². The third-order valence-corrected chi connectivity index (χ3v) is 8.69. The summed E-state index contributed by atoms with van der Waals surface area (Å²) in [5.41, 5.74) is 11.1. The van der Waals surface area contributed by atoms with E-state index in [-0.39, 0.29) is 0 Å². The molecule has 0 aliphatic carbocycles. The van der Waals surface area contributed by atoms with Gasteiger partial charge in [-0.1, -0.05) is 121 Å². The average molecular weight is 578 g/mol. The van der Waals surface area contributed by atoms with Crippen molar-refractivity contribution in [2.24, 2.45) is 0 Å². The predicted molar refractivity (Wildman–Crippen MR) is 187 cm³/mol. The van der Waals surface area contributed by atoms with Crippen molar-refractivity contribution in [1.82, 2.24) is 0 Å². The topological polar surface area (TPSA) is 29.5 Å². The molecule has 0 amide bonds. The van der Waals surface area contributed by atoms with E-state index in [0.29, 0.717) is 0 Å². The van der Waals surface area contributed by atoms with E-state index in [0.717, 1.165) is 72.1 Å². The fraction of sp³-hybridized carbons (Fsp3) is 0. The first-order valence-electron chi connectivity index (χ1n) is 15.2. The van der Waals surface area contributed by atoms with Gasteiger partial charge in [-0.2, -0.15) is 0 Å². The van der Waals surface area contributed by atoms with Gasteiger partial charge in [0.25, 0.3) is 0 Å². The zero-order chi connectivity index (χ0) is 29.7. The van der Waals surface area contributed by atoms with Crippen LogP contribution in [0.1, 0.15) is 0 Å². The minimum Gasteiger partial charge on any atom is -0.456 e. The normalized spacial score (nSPS) is 11.6. The molecule has 9 aromatic rings. The van der Waals surface area contributed by atoms with E-state index < -0.39 is 0 Å². The van der Waals surface area contributed by atoms with E-state index in [1.54, 1.807) is 0 Å². The summed E-state index contributed by atoms with van der Waals surface area (Å²) in [7, 11) is 0. The Morgan fingerprint density at radius 3 is 1.80 bits per heavy atom. The lowest BCUT2D eigenvalue weighted by Crippen LogP contribution is -2.11. The minimum atomic E-state index is 0.826. The average Bonchev–Trinajstić information content (AvgIpc) is 3.69. The zero-order valence-corrected chi connectivity index (χ0v) is 24.4. The Kier molecular flexibility index (Phi) is 5.82. The van der Waals surface area contributed by atoms with Crippen LogP contribution in [0.5, 0.6) is 0 Å². The van der Waals surface area contributed by atoms with Crippen LogP contribution in [0, 0.1) is 0 Å². The number of hydrogen-bond donors (Lipinski definition) is 0. The number of nitrogens with zero attached hydrogens (tertiary/aromatic N) is 1. The molecule has 0 aliphatic heterocycles. The third kappa shape index (κ3) is 4.13. The maximum Gasteiger partial charge on any atom is 0.159 e. The van der Waals surface area contributed by atoms with Gasteiger partial charge in [0, 0.05) is 27.4 Å². The minimum absolute atomic E-state index is 0.826. The van der Waals surface area contributed by atoms with Crippen LogP contribution in [0.15, 0.2) is 173 Å². The Hall–Kier alpha value is -6.06. The molecule has 0 aliphatic rings. The third-order valence-electron chi connectivity index (χ3n) is 8.69. The summed E-state index contributed by atoms with van der Waals surface area (Å²) >= 11 is 0. The molecule has 0 radical (unpaired) electrons. The molecule has 0 atom stereocenters. The lowest BCUT2D eigenvalue weighted by Gasteiger charge is -2.28. The largest absolute Gasteiger partial charge is 0.456 e. The van der Waals surface area contributed by atoms with Crippen molar-refractivity contribution in [3.8, 4) is 22.3 Å². The van der Waals surface area contributed by atoms with Crippen LogP contribution in [0.4, 0.5) is 17.1 Å². The summed E-state index contributed by atoms with van der Waals surface area (Å²) in [4.78, 5) is 2.33. The molecule has 9 rings (SSSR count). The molecule has 0 bridgehead atoms. The Morgan fingerprint density at radius 2 is 0.978 bits per heavy atom. The molecule has 0 unspecified atom stereocenters. The lowest BCUT2D eigenvalue weighted by atomic mass is 10.0. The Morgan fingerprint density at radius 1 is 0.356 bits per heavy atom. The van der Waals surface area contributed by atoms with Gasteiger partial charge in [0.05, 0.1) is 16.8 Å². The Labute approximate surface area is 260 Å². The predicted octanol–water partition coefficient (Wildman–Crippen LogP) is 12.3. The molecule has 2 heterocycles. The molecule has 2 aromatic heterocycles. The molecule has 3 nitrogen and oxygen atoms in total. The van der Waals surface area contributed by atoms with Crippen LogP contribution >= 0.6 is 0 Å². The molecule has 7 aromatic carbocycles. The quantitative estimate of drug-likeness (QED) is 0.204. The second-order valence-electron chi connectivity index (χ2n) is 11.3. The van der Waals surface area contributed by atoms with Crippen molar-refractivity contribution in [3.05, 3.63) is 164 Å². The highest BCUT2D eigenvalue weighted by Crippen LogP contribution is 2.47. The van der Waals surface area contributed by atoms with E-state index in [1.807, 2.05) is 24.3 Å². The van der Waals surface area contributed by atoms with Gasteiger partial charge in [-0.3, -0.25) is 0 Å². The van der Waals surface area contributed by atoms with E-state index in [9.17, 15) is 0 Å². The second-order valence-corrected chi connectivity index (χ2v) is 11.3. The number of para-hydroxylation sites is 3. The van der Waals surface area contributed by atoms with Crippen LogP contribution in [0.3, 0.4) is 0 Å². The Balaban J connectivity index is 1.31. The summed E-state index contributed by atoms with van der Waals surface area (Å²) < 4.78 is 13.1. The number of hydrogen-bond acceptors (Lipinski definition) is 3. The smallest absolute Gasteiger partial charge is 0.159 e. The number of rotatable bonds is 5. The summed E-state index contributed by atoms with van der Waals surface area (Å²) in [5.74, 6) is 0. The van der Waals surface area contributed by atoms with E-state index in [4.69, 9.17) is 8.83 Å². The van der Waals surface area contributed by atoms with Gasteiger partial charge in [0.2, 0.25) is 0 Å². The molecular formula is C42H27NO2. The molecule has 45 heavy (non-hydrogen) atoms. The highest BCUT2D eigenvalue weighted by atomic mass is 16.3. The first kappa shape index (κ1) is 25.4. The summed E-state index contributed by atoms with van der Waals surface area (Å²) in [6, 6.07) is 57.2. The van der Waals surface area contributed by atoms with Gasteiger partial charge in [0.15, 0.2) is 5.58 Å². The molecule has 3 heteroatoms. The van der Waals surface area contributed by atoms with Crippen molar-refractivity contribution in [1.29, 1.82) is 0 Å². The number of anilines is 3. The standard InChI is InChI=1S/C42H27NO2/c1-3-12-28(13-4-1)29-22-24-31(25-23-29)43(36-19-9-7-16-32(36)30-14-5-2-6-15-30)37-20-11-18-33-34-26-27-39-40(42(34)45-41(33)37)35-17-8-10-21-38(35)44-39/h1-27H. The van der Waals surface area contributed by atoms with Crippen molar-refractivity contribution < 1.29 is 8.83 Å². The van der Waals surface area contributed by atoms with Gasteiger partial charge in [0.1, 0.15) is 16.7 Å². The van der Waals surface area contributed by atoms with Gasteiger partial charge < -0.3 is 13.7 Å². The molecule has 0 spiro atoms. The molecule has 212 valence electrons. The van der Waals surface area contributed by atoms with Crippen molar-refractivity contribution in [2.45, 2.75) is 0 Å². The highest BCUT2D eigenvalue weighted by molar-refractivity contribution is 6.23. The monoisotopic (exact) mass is 577 g/mol. The fourth-order valence-electron chi connectivity index (χ4n) is 6.60. The molecular weight excluding hydrogens is 550 g/mol. The van der Waals surface area contributed by atoms with E-state index in [1.165, 1.54) is 11.1 Å². The maximum absolute atomic E-state index is 6.92. The van der Waals surface area contributed by atoms with Crippen molar-refractivity contribution in [2.75, 3.05) is 4.90 Å². The Bertz CT molecular complexity index is 2470. The number of benzene rings is 7. The first-order chi connectivity index (χ1) is 22.3. The van der Waals surface area contributed by atoms with Crippen LogP contribution in [0.2, 0.25) is 0 Å². The molecule has 0 fully saturated rings. The lowest BCUT2D eigenvalue weighted by molar-refractivity contribution is 0.663. The van der Waals surface area contributed by atoms with Gasteiger partial charge in [-0.15, -0.1) is 0 Å². The van der Waals surface area contributed by atoms with E-state index in [2.05, 4.69) is 144 Å². The summed E-state index contributed by atoms with van der Waals surface area (Å²) in [5, 5.41) is 4.20. The van der Waals surface area contributed by atoms with Crippen LogP contribution in [-0.2, 0) is 0 Å². The van der Waals surface area contributed by atoms with Crippen molar-refractivity contribution >= 4 is 60.9 Å². The van der Waals surface area contributed by atoms with Crippen LogP contribution in [0.25, 0.3) is 66.1 Å². The summed E-state index contributed by atoms with van der Waals surface area (Å²) in [6.45, 7) is 0.